The first-order valence-electron chi connectivity index (χ1n) is 5.64. The number of rotatable bonds is 3. The highest BCUT2D eigenvalue weighted by Crippen LogP contribution is 2.34. The van der Waals surface area contributed by atoms with Gasteiger partial charge in [0.05, 0.1) is 5.56 Å². The number of nitriles is 1. The van der Waals surface area contributed by atoms with Gasteiger partial charge in [0, 0.05) is 9.35 Å². The van der Waals surface area contributed by atoms with Crippen molar-refractivity contribution >= 4 is 42.3 Å². The predicted molar refractivity (Wildman–Crippen MR) is 83.5 cm³/mol. The molecule has 1 N–H and O–H groups in total. The lowest BCUT2D eigenvalue weighted by Gasteiger charge is -2.08. The Balaban J connectivity index is 2.48. The molecule has 4 nitrogen and oxygen atoms in total. The highest BCUT2D eigenvalue weighted by atomic mass is 79.9. The highest BCUT2D eigenvalue weighted by Gasteiger charge is 2.21. The van der Waals surface area contributed by atoms with Gasteiger partial charge in [0.1, 0.15) is 16.0 Å². The second-order valence-corrected chi connectivity index (χ2v) is 7.87. The lowest BCUT2D eigenvalue weighted by Crippen LogP contribution is -2.13. The minimum Gasteiger partial charge on any atom is -0.269 e. The summed E-state index contributed by atoms with van der Waals surface area (Å²) in [6, 6.07) is 8.60. The Labute approximate surface area is 130 Å². The summed E-state index contributed by atoms with van der Waals surface area (Å²) in [5.74, 6) is 0. The molecule has 0 aliphatic rings. The van der Waals surface area contributed by atoms with Crippen molar-refractivity contribution in [3.05, 3.63) is 44.7 Å². The molecule has 0 bridgehead atoms. The Kier molecular flexibility index (Phi) is 4.18. The SMILES string of the molecule is Cc1sc(NS(=O)(=O)c2ccccc2Br)c(C#N)c1C. The van der Waals surface area contributed by atoms with E-state index in [0.29, 0.717) is 15.0 Å². The van der Waals surface area contributed by atoms with Crippen molar-refractivity contribution in [1.29, 1.82) is 5.26 Å². The number of anilines is 1. The largest absolute Gasteiger partial charge is 0.269 e. The standard InChI is InChI=1S/C13H11BrN2O2S2/c1-8-9(2)19-13(10(8)7-15)16-20(17,18)12-6-4-3-5-11(12)14/h3-6,16H,1-2H3. The van der Waals surface area contributed by atoms with Crippen molar-refractivity contribution in [2.24, 2.45) is 0 Å². The van der Waals surface area contributed by atoms with Gasteiger partial charge >= 0.3 is 0 Å². The van der Waals surface area contributed by atoms with Crippen molar-refractivity contribution in [3.63, 3.8) is 0 Å². The van der Waals surface area contributed by atoms with Crippen molar-refractivity contribution < 1.29 is 8.42 Å². The molecule has 104 valence electrons. The normalized spacial score (nSPS) is 11.1. The van der Waals surface area contributed by atoms with E-state index >= 15 is 0 Å². The van der Waals surface area contributed by atoms with E-state index in [-0.39, 0.29) is 4.90 Å². The molecule has 0 aliphatic heterocycles. The molecule has 1 aromatic heterocycles. The molecule has 1 aromatic carbocycles. The van der Waals surface area contributed by atoms with E-state index in [9.17, 15) is 8.42 Å². The van der Waals surface area contributed by atoms with E-state index in [1.54, 1.807) is 25.1 Å². The number of sulfonamides is 1. The van der Waals surface area contributed by atoms with Crippen molar-refractivity contribution in [3.8, 4) is 6.07 Å². The van der Waals surface area contributed by atoms with Crippen LogP contribution in [0.4, 0.5) is 5.00 Å². The van der Waals surface area contributed by atoms with Gasteiger partial charge in [0.15, 0.2) is 0 Å². The fourth-order valence-corrected chi connectivity index (χ4v) is 4.99. The van der Waals surface area contributed by atoms with Gasteiger partial charge in [-0.3, -0.25) is 4.72 Å². The summed E-state index contributed by atoms with van der Waals surface area (Å²) in [5.41, 5.74) is 1.19. The summed E-state index contributed by atoms with van der Waals surface area (Å²) in [6.07, 6.45) is 0. The molecule has 0 aliphatic carbocycles. The predicted octanol–water partition coefficient (Wildman–Crippen LogP) is 3.80. The highest BCUT2D eigenvalue weighted by molar-refractivity contribution is 9.10. The number of halogens is 1. The third-order valence-corrected chi connectivity index (χ3v) is 6.46. The molecule has 0 spiro atoms. The molecule has 0 atom stereocenters. The van der Waals surface area contributed by atoms with Crippen LogP contribution in [0.25, 0.3) is 0 Å². The van der Waals surface area contributed by atoms with Crippen LogP contribution in [-0.4, -0.2) is 8.42 Å². The van der Waals surface area contributed by atoms with Gasteiger partial charge in [-0.2, -0.15) is 5.26 Å². The van der Waals surface area contributed by atoms with Gasteiger partial charge in [-0.05, 0) is 47.5 Å². The van der Waals surface area contributed by atoms with Crippen LogP contribution >= 0.6 is 27.3 Å². The zero-order chi connectivity index (χ0) is 14.9. The van der Waals surface area contributed by atoms with Gasteiger partial charge in [-0.1, -0.05) is 12.1 Å². The molecule has 1 heterocycles. The van der Waals surface area contributed by atoms with E-state index in [0.717, 1.165) is 10.4 Å². The van der Waals surface area contributed by atoms with Crippen molar-refractivity contribution in [2.75, 3.05) is 4.72 Å². The average molecular weight is 371 g/mol. The molecule has 2 rings (SSSR count). The van der Waals surface area contributed by atoms with Crippen LogP contribution in [0.3, 0.4) is 0 Å². The molecule has 0 saturated heterocycles. The number of nitrogens with one attached hydrogen (secondary N) is 1. The number of benzene rings is 1. The summed E-state index contributed by atoms with van der Waals surface area (Å²) < 4.78 is 27.7. The third kappa shape index (κ3) is 2.73. The van der Waals surface area contributed by atoms with Gasteiger partial charge in [0.25, 0.3) is 10.0 Å². The third-order valence-electron chi connectivity index (χ3n) is 2.85. The first kappa shape index (κ1) is 15.0. The van der Waals surface area contributed by atoms with E-state index in [1.165, 1.54) is 17.4 Å². The maximum absolute atomic E-state index is 12.4. The molecular weight excluding hydrogens is 360 g/mol. The number of nitrogens with zero attached hydrogens (tertiary/aromatic N) is 1. The van der Waals surface area contributed by atoms with Crippen LogP contribution in [0.5, 0.6) is 0 Å². The van der Waals surface area contributed by atoms with Crippen LogP contribution in [0.15, 0.2) is 33.6 Å². The quantitative estimate of drug-likeness (QED) is 0.892. The van der Waals surface area contributed by atoms with E-state index < -0.39 is 10.0 Å². The van der Waals surface area contributed by atoms with Crippen LogP contribution in [0, 0.1) is 25.2 Å². The Bertz CT molecular complexity index is 804. The molecule has 2 aromatic rings. The van der Waals surface area contributed by atoms with Crippen LogP contribution in [-0.2, 0) is 10.0 Å². The fourth-order valence-electron chi connectivity index (χ4n) is 1.67. The minimum atomic E-state index is -3.72. The molecule has 0 radical (unpaired) electrons. The lowest BCUT2D eigenvalue weighted by atomic mass is 10.2. The topological polar surface area (TPSA) is 70.0 Å². The van der Waals surface area contributed by atoms with E-state index in [1.807, 2.05) is 13.0 Å². The van der Waals surface area contributed by atoms with Crippen molar-refractivity contribution in [2.45, 2.75) is 18.7 Å². The number of aryl methyl sites for hydroxylation is 1. The number of hydrogen-bond donors (Lipinski definition) is 1. The second-order valence-electron chi connectivity index (χ2n) is 4.14. The molecular formula is C13H11BrN2O2S2. The van der Waals surface area contributed by atoms with Crippen LogP contribution in [0.2, 0.25) is 0 Å². The zero-order valence-corrected chi connectivity index (χ0v) is 14.0. The first-order chi connectivity index (χ1) is 9.36. The Morgan fingerprint density at radius 3 is 2.55 bits per heavy atom. The molecule has 20 heavy (non-hydrogen) atoms. The summed E-state index contributed by atoms with van der Waals surface area (Å²) >= 11 is 4.48. The zero-order valence-electron chi connectivity index (χ0n) is 10.8. The van der Waals surface area contributed by atoms with Gasteiger partial charge in [0.2, 0.25) is 0 Å². The average Bonchev–Trinajstić information content (AvgIpc) is 2.64. The molecule has 0 amide bonds. The minimum absolute atomic E-state index is 0.146. The molecule has 0 unspecified atom stereocenters. The van der Waals surface area contributed by atoms with Crippen molar-refractivity contribution in [1.82, 2.24) is 0 Å². The van der Waals surface area contributed by atoms with Gasteiger partial charge in [-0.25, -0.2) is 8.42 Å². The second kappa shape index (κ2) is 5.56. The summed E-state index contributed by atoms with van der Waals surface area (Å²) in [5, 5.41) is 9.51. The van der Waals surface area contributed by atoms with Crippen LogP contribution < -0.4 is 4.72 Å². The summed E-state index contributed by atoms with van der Waals surface area (Å²) in [6.45, 7) is 3.66. The van der Waals surface area contributed by atoms with Gasteiger partial charge in [-0.15, -0.1) is 11.3 Å². The van der Waals surface area contributed by atoms with E-state index in [2.05, 4.69) is 20.7 Å². The molecule has 0 fully saturated rings. The molecule has 7 heteroatoms. The summed E-state index contributed by atoms with van der Waals surface area (Å²) in [4.78, 5) is 1.07. The maximum atomic E-state index is 12.4. The fraction of sp³-hybridized carbons (Fsp3) is 0.154. The lowest BCUT2D eigenvalue weighted by molar-refractivity contribution is 0.601. The monoisotopic (exact) mass is 370 g/mol. The maximum Gasteiger partial charge on any atom is 0.263 e. The Morgan fingerprint density at radius 1 is 1.30 bits per heavy atom. The Morgan fingerprint density at radius 2 is 1.95 bits per heavy atom. The molecule has 0 saturated carbocycles. The Hall–Kier alpha value is -1.36. The first-order valence-corrected chi connectivity index (χ1v) is 8.73. The number of thiophene rings is 1. The van der Waals surface area contributed by atoms with E-state index in [4.69, 9.17) is 5.26 Å². The number of hydrogen-bond acceptors (Lipinski definition) is 4. The van der Waals surface area contributed by atoms with Crippen LogP contribution in [0.1, 0.15) is 16.0 Å². The smallest absolute Gasteiger partial charge is 0.263 e. The summed E-state index contributed by atoms with van der Waals surface area (Å²) in [7, 11) is -3.72. The van der Waals surface area contributed by atoms with Gasteiger partial charge < -0.3 is 0 Å².